The van der Waals surface area contributed by atoms with E-state index < -0.39 is 0 Å². The van der Waals surface area contributed by atoms with E-state index >= 15 is 0 Å². The molecule has 0 radical (unpaired) electrons. The van der Waals surface area contributed by atoms with Crippen LogP contribution in [-0.2, 0) is 13.5 Å². The minimum absolute atomic E-state index is 0.218. The molecule has 3 heteroatoms. The predicted molar refractivity (Wildman–Crippen MR) is 47.9 cm³/mol. The highest BCUT2D eigenvalue weighted by Crippen LogP contribution is 2.08. The standard InChI is InChI=1S/C9H16N2O/c1-7(12)4-5-9-6-11(3)10-8(9)2/h6-7,12H,4-5H2,1-3H3. The number of aryl methyl sites for hydroxylation is 3. The van der Waals surface area contributed by atoms with Crippen LogP contribution >= 0.6 is 0 Å². The smallest absolute Gasteiger partial charge is 0.0625 e. The van der Waals surface area contributed by atoms with Gasteiger partial charge in [0.2, 0.25) is 0 Å². The van der Waals surface area contributed by atoms with Crippen LogP contribution in [0.4, 0.5) is 0 Å². The molecule has 1 heterocycles. The van der Waals surface area contributed by atoms with E-state index in [4.69, 9.17) is 5.11 Å². The van der Waals surface area contributed by atoms with Crippen LogP contribution in [0, 0.1) is 6.92 Å². The maximum atomic E-state index is 9.08. The van der Waals surface area contributed by atoms with Gasteiger partial charge in [0.05, 0.1) is 11.8 Å². The summed E-state index contributed by atoms with van der Waals surface area (Å²) in [6, 6.07) is 0. The summed E-state index contributed by atoms with van der Waals surface area (Å²) in [6.07, 6.45) is 3.52. The summed E-state index contributed by atoms with van der Waals surface area (Å²) in [7, 11) is 1.92. The molecule has 0 aromatic carbocycles. The van der Waals surface area contributed by atoms with E-state index in [1.165, 1.54) is 5.56 Å². The largest absolute Gasteiger partial charge is 0.393 e. The maximum Gasteiger partial charge on any atom is 0.0625 e. The molecule has 1 aromatic heterocycles. The van der Waals surface area contributed by atoms with Crippen LogP contribution in [0.15, 0.2) is 6.20 Å². The minimum Gasteiger partial charge on any atom is -0.393 e. The summed E-state index contributed by atoms with van der Waals surface area (Å²) in [5.74, 6) is 0. The Morgan fingerprint density at radius 3 is 2.75 bits per heavy atom. The summed E-state index contributed by atoms with van der Waals surface area (Å²) < 4.78 is 1.81. The van der Waals surface area contributed by atoms with E-state index in [0.717, 1.165) is 18.5 Å². The Bertz CT molecular complexity index is 253. The van der Waals surface area contributed by atoms with Crippen molar-refractivity contribution in [3.63, 3.8) is 0 Å². The number of aromatic nitrogens is 2. The average Bonchev–Trinajstić information content (AvgIpc) is 2.26. The van der Waals surface area contributed by atoms with Crippen LogP contribution in [0.2, 0.25) is 0 Å². The molecule has 3 nitrogen and oxygen atoms in total. The molecule has 68 valence electrons. The molecular formula is C9H16N2O. The summed E-state index contributed by atoms with van der Waals surface area (Å²) >= 11 is 0. The van der Waals surface area contributed by atoms with Crippen molar-refractivity contribution in [1.82, 2.24) is 9.78 Å². The Kier molecular flexibility index (Phi) is 2.87. The van der Waals surface area contributed by atoms with E-state index in [1.807, 2.05) is 31.8 Å². The van der Waals surface area contributed by atoms with Crippen molar-refractivity contribution in [2.24, 2.45) is 7.05 Å². The molecule has 1 rings (SSSR count). The second-order valence-electron chi connectivity index (χ2n) is 3.30. The summed E-state index contributed by atoms with van der Waals surface area (Å²) in [4.78, 5) is 0. The van der Waals surface area contributed by atoms with Crippen molar-refractivity contribution in [2.75, 3.05) is 0 Å². The lowest BCUT2D eigenvalue weighted by molar-refractivity contribution is 0.185. The first-order valence-electron chi connectivity index (χ1n) is 4.27. The van der Waals surface area contributed by atoms with Gasteiger partial charge >= 0.3 is 0 Å². The lowest BCUT2D eigenvalue weighted by Gasteiger charge is -2.01. The molecule has 0 saturated carbocycles. The predicted octanol–water partition coefficient (Wildman–Crippen LogP) is 1.04. The van der Waals surface area contributed by atoms with Crippen LogP contribution < -0.4 is 0 Å². The van der Waals surface area contributed by atoms with E-state index in [1.54, 1.807) is 0 Å². The Morgan fingerprint density at radius 2 is 2.33 bits per heavy atom. The average molecular weight is 168 g/mol. The van der Waals surface area contributed by atoms with Crippen molar-refractivity contribution in [1.29, 1.82) is 0 Å². The number of hydrogen-bond donors (Lipinski definition) is 1. The molecule has 0 bridgehead atoms. The number of rotatable bonds is 3. The minimum atomic E-state index is -0.218. The SMILES string of the molecule is Cc1nn(C)cc1CCC(C)O. The number of nitrogens with zero attached hydrogens (tertiary/aromatic N) is 2. The van der Waals surface area contributed by atoms with Gasteiger partial charge in [0, 0.05) is 13.2 Å². The molecule has 1 atom stereocenters. The Balaban J connectivity index is 2.57. The molecule has 0 aliphatic heterocycles. The first-order valence-corrected chi connectivity index (χ1v) is 4.27. The highest BCUT2D eigenvalue weighted by atomic mass is 16.3. The fraction of sp³-hybridized carbons (Fsp3) is 0.667. The van der Waals surface area contributed by atoms with Crippen LogP contribution in [0.25, 0.3) is 0 Å². The Labute approximate surface area is 73.0 Å². The van der Waals surface area contributed by atoms with Crippen molar-refractivity contribution in [3.8, 4) is 0 Å². The summed E-state index contributed by atoms with van der Waals surface area (Å²) in [6.45, 7) is 3.81. The third-order valence-corrected chi connectivity index (χ3v) is 1.95. The van der Waals surface area contributed by atoms with Gasteiger partial charge in [0.1, 0.15) is 0 Å². The highest BCUT2D eigenvalue weighted by Gasteiger charge is 2.03. The summed E-state index contributed by atoms with van der Waals surface area (Å²) in [5, 5.41) is 13.3. The molecule has 0 amide bonds. The lowest BCUT2D eigenvalue weighted by atomic mass is 10.1. The summed E-state index contributed by atoms with van der Waals surface area (Å²) in [5.41, 5.74) is 2.30. The van der Waals surface area contributed by atoms with Crippen LogP contribution in [-0.4, -0.2) is 21.0 Å². The van der Waals surface area contributed by atoms with Crippen molar-refractivity contribution >= 4 is 0 Å². The Morgan fingerprint density at radius 1 is 1.67 bits per heavy atom. The van der Waals surface area contributed by atoms with E-state index in [-0.39, 0.29) is 6.10 Å². The Hall–Kier alpha value is -0.830. The van der Waals surface area contributed by atoms with Crippen molar-refractivity contribution < 1.29 is 5.11 Å². The van der Waals surface area contributed by atoms with Gasteiger partial charge < -0.3 is 5.11 Å². The molecule has 1 unspecified atom stereocenters. The molecule has 0 saturated heterocycles. The first kappa shape index (κ1) is 9.26. The topological polar surface area (TPSA) is 38.0 Å². The molecule has 0 aliphatic carbocycles. The molecule has 0 aliphatic rings. The monoisotopic (exact) mass is 168 g/mol. The molecule has 1 N–H and O–H groups in total. The van der Waals surface area contributed by atoms with Crippen LogP contribution in [0.3, 0.4) is 0 Å². The quantitative estimate of drug-likeness (QED) is 0.732. The second kappa shape index (κ2) is 3.72. The number of hydrogen-bond acceptors (Lipinski definition) is 2. The fourth-order valence-corrected chi connectivity index (χ4v) is 1.26. The lowest BCUT2D eigenvalue weighted by Crippen LogP contribution is -2.01. The van der Waals surface area contributed by atoms with E-state index in [9.17, 15) is 0 Å². The molecular weight excluding hydrogens is 152 g/mol. The van der Waals surface area contributed by atoms with Crippen LogP contribution in [0.1, 0.15) is 24.6 Å². The zero-order valence-electron chi connectivity index (χ0n) is 7.91. The zero-order chi connectivity index (χ0) is 9.14. The third kappa shape index (κ3) is 2.34. The normalized spacial score (nSPS) is 13.3. The van der Waals surface area contributed by atoms with Gasteiger partial charge in [-0.2, -0.15) is 5.10 Å². The zero-order valence-corrected chi connectivity index (χ0v) is 7.91. The van der Waals surface area contributed by atoms with Crippen molar-refractivity contribution in [3.05, 3.63) is 17.5 Å². The highest BCUT2D eigenvalue weighted by molar-refractivity contribution is 5.15. The fourth-order valence-electron chi connectivity index (χ4n) is 1.26. The van der Waals surface area contributed by atoms with Gasteiger partial charge in [0.15, 0.2) is 0 Å². The second-order valence-corrected chi connectivity index (χ2v) is 3.30. The van der Waals surface area contributed by atoms with Crippen LogP contribution in [0.5, 0.6) is 0 Å². The first-order chi connectivity index (χ1) is 5.59. The van der Waals surface area contributed by atoms with Gasteiger partial charge in [-0.3, -0.25) is 4.68 Å². The van der Waals surface area contributed by atoms with Crippen molar-refractivity contribution in [2.45, 2.75) is 32.8 Å². The number of aliphatic hydroxyl groups is 1. The van der Waals surface area contributed by atoms with Gasteiger partial charge in [-0.1, -0.05) is 0 Å². The molecule has 0 spiro atoms. The third-order valence-electron chi connectivity index (χ3n) is 1.95. The van der Waals surface area contributed by atoms with Gasteiger partial charge in [0.25, 0.3) is 0 Å². The van der Waals surface area contributed by atoms with Gasteiger partial charge in [-0.15, -0.1) is 0 Å². The molecule has 1 aromatic rings. The molecule has 0 fully saturated rings. The maximum absolute atomic E-state index is 9.08. The van der Waals surface area contributed by atoms with Gasteiger partial charge in [-0.25, -0.2) is 0 Å². The van der Waals surface area contributed by atoms with E-state index in [2.05, 4.69) is 5.10 Å². The number of aliphatic hydroxyl groups excluding tert-OH is 1. The molecule has 12 heavy (non-hydrogen) atoms. The van der Waals surface area contributed by atoms with E-state index in [0.29, 0.717) is 0 Å². The van der Waals surface area contributed by atoms with Gasteiger partial charge in [-0.05, 0) is 32.3 Å².